The van der Waals surface area contributed by atoms with E-state index in [1.165, 1.54) is 23.2 Å². The molecule has 1 fully saturated rings. The van der Waals surface area contributed by atoms with Gasteiger partial charge in [-0.05, 0) is 22.8 Å². The number of rotatable bonds is 13. The second-order valence-corrected chi connectivity index (χ2v) is 12.6. The topological polar surface area (TPSA) is 177 Å². The summed E-state index contributed by atoms with van der Waals surface area (Å²) in [5.41, 5.74) is 0.956. The molecule has 2 aliphatic rings. The maximum absolute atomic E-state index is 13.5. The van der Waals surface area contributed by atoms with Crippen LogP contribution in [0.5, 0.6) is 0 Å². The summed E-state index contributed by atoms with van der Waals surface area (Å²) in [6, 6.07) is 17.0. The molecule has 0 radical (unpaired) electrons. The van der Waals surface area contributed by atoms with E-state index in [0.29, 0.717) is 6.41 Å². The number of anilines is 1. The third-order valence-electron chi connectivity index (χ3n) is 6.71. The first-order valence-corrected chi connectivity index (χ1v) is 16.3. The monoisotopic (exact) mass is 715 g/mol. The van der Waals surface area contributed by atoms with E-state index in [2.05, 4.69) is 20.8 Å². The molecule has 3 amide bonds. The van der Waals surface area contributed by atoms with Crippen LogP contribution in [0, 0.1) is 0 Å². The predicted molar refractivity (Wildman–Crippen MR) is 175 cm³/mol. The molecular weight excluding hydrogens is 693 g/mol. The molecule has 13 nitrogen and oxygen atoms in total. The lowest BCUT2D eigenvalue weighted by atomic mass is 10.0. The number of ether oxygens (including phenoxy) is 1. The van der Waals surface area contributed by atoms with Crippen molar-refractivity contribution in [3.8, 4) is 0 Å². The second-order valence-electron chi connectivity index (χ2n) is 9.68. The Kier molecular flexibility index (Phi) is 10.9. The molecule has 5 rings (SSSR count). The minimum atomic E-state index is -1.36. The molecule has 0 bridgehead atoms. The number of carboxylic acid groups (broad SMARTS) is 1. The number of hydrogen-bond acceptors (Lipinski definition) is 11. The minimum absolute atomic E-state index is 0.0214. The van der Waals surface area contributed by atoms with Gasteiger partial charge in [0.1, 0.15) is 27.3 Å². The molecule has 2 atom stereocenters. The van der Waals surface area contributed by atoms with Crippen molar-refractivity contribution in [2.75, 3.05) is 17.7 Å². The first-order valence-electron chi connectivity index (χ1n) is 13.6. The molecule has 0 spiro atoms. The van der Waals surface area contributed by atoms with Gasteiger partial charge in [-0.3, -0.25) is 19.3 Å². The van der Waals surface area contributed by atoms with Crippen LogP contribution in [0.1, 0.15) is 22.9 Å². The Labute approximate surface area is 285 Å². The summed E-state index contributed by atoms with van der Waals surface area (Å²) in [5.74, 6) is -3.59. The van der Waals surface area contributed by atoms with E-state index >= 15 is 0 Å². The first kappa shape index (κ1) is 33.7. The largest absolute Gasteiger partial charge is 0.477 e. The van der Waals surface area contributed by atoms with Gasteiger partial charge in [0.15, 0.2) is 16.9 Å². The van der Waals surface area contributed by atoms with Crippen molar-refractivity contribution in [3.05, 3.63) is 105 Å². The summed E-state index contributed by atoms with van der Waals surface area (Å²) >= 11 is 13.6. The number of aromatic nitrogens is 1. The van der Waals surface area contributed by atoms with Gasteiger partial charge in [0, 0.05) is 11.1 Å². The van der Waals surface area contributed by atoms with E-state index in [9.17, 15) is 29.1 Å². The fourth-order valence-electron chi connectivity index (χ4n) is 4.70. The van der Waals surface area contributed by atoms with E-state index < -0.39 is 53.6 Å². The molecule has 1 aromatic heterocycles. The molecule has 2 aromatic carbocycles. The Morgan fingerprint density at radius 1 is 1.11 bits per heavy atom. The van der Waals surface area contributed by atoms with Crippen molar-refractivity contribution in [2.24, 2.45) is 5.16 Å². The third kappa shape index (κ3) is 7.82. The van der Waals surface area contributed by atoms with Gasteiger partial charge in [-0.25, -0.2) is 14.6 Å². The van der Waals surface area contributed by atoms with Crippen LogP contribution in [-0.4, -0.2) is 74.6 Å². The molecule has 17 heteroatoms. The Morgan fingerprint density at radius 2 is 1.77 bits per heavy atom. The number of hydrogen-bond donors (Lipinski definition) is 3. The number of carboxylic acids is 1. The summed E-state index contributed by atoms with van der Waals surface area (Å²) in [4.78, 5) is 72.8. The van der Waals surface area contributed by atoms with Gasteiger partial charge < -0.3 is 25.3 Å². The maximum atomic E-state index is 13.5. The van der Waals surface area contributed by atoms with Crippen molar-refractivity contribution < 1.29 is 38.7 Å². The molecule has 3 heterocycles. The number of thiazole rings is 1. The van der Waals surface area contributed by atoms with Gasteiger partial charge in [0.05, 0.1) is 0 Å². The maximum Gasteiger partial charge on any atom is 0.352 e. The van der Waals surface area contributed by atoms with Crippen molar-refractivity contribution in [1.82, 2.24) is 15.2 Å². The zero-order chi connectivity index (χ0) is 33.5. The number of aliphatic carboxylic acids is 1. The number of carbonyl (C=O) groups excluding carboxylic acids is 4. The number of oxime groups is 1. The highest BCUT2D eigenvalue weighted by Crippen LogP contribution is 2.41. The average molecular weight is 717 g/mol. The molecule has 1 unspecified atom stereocenters. The summed E-state index contributed by atoms with van der Waals surface area (Å²) < 4.78 is 5.53. The summed E-state index contributed by atoms with van der Waals surface area (Å²) in [5, 5.41) is 19.3. The predicted octanol–water partition coefficient (Wildman–Crippen LogP) is 3.82. The fraction of sp³-hybridized carbons (Fsp3) is 0.167. The van der Waals surface area contributed by atoms with E-state index in [4.69, 9.17) is 32.8 Å². The molecular formula is C30H23Cl2N5O8S2. The van der Waals surface area contributed by atoms with Gasteiger partial charge in [-0.2, -0.15) is 0 Å². The molecule has 0 aliphatic carbocycles. The highest BCUT2D eigenvalue weighted by molar-refractivity contribution is 8.00. The molecule has 3 N–H and O–H groups in total. The van der Waals surface area contributed by atoms with Crippen molar-refractivity contribution in [1.29, 1.82) is 0 Å². The van der Waals surface area contributed by atoms with E-state index in [-0.39, 0.29) is 32.3 Å². The van der Waals surface area contributed by atoms with Crippen LogP contribution < -0.4 is 10.6 Å². The molecule has 3 aromatic rings. The Hall–Kier alpha value is -4.70. The van der Waals surface area contributed by atoms with Crippen molar-refractivity contribution in [2.45, 2.75) is 17.5 Å². The van der Waals surface area contributed by atoms with Crippen molar-refractivity contribution >= 4 is 87.3 Å². The van der Waals surface area contributed by atoms with Crippen LogP contribution >= 0.6 is 46.3 Å². The highest BCUT2D eigenvalue weighted by Gasteiger charge is 2.54. The van der Waals surface area contributed by atoms with Gasteiger partial charge in [0.25, 0.3) is 11.8 Å². The number of amides is 3. The van der Waals surface area contributed by atoms with Gasteiger partial charge in [-0.1, -0.05) is 89.0 Å². The summed E-state index contributed by atoms with van der Waals surface area (Å²) in [6.07, 6.45) is 0.910. The summed E-state index contributed by atoms with van der Waals surface area (Å²) in [6.45, 7) is -0.683. The zero-order valence-corrected chi connectivity index (χ0v) is 27.0. The lowest BCUT2D eigenvalue weighted by Crippen LogP contribution is -2.71. The van der Waals surface area contributed by atoms with Crippen molar-refractivity contribution in [3.63, 3.8) is 0 Å². The highest BCUT2D eigenvalue weighted by atomic mass is 35.5. The number of halogens is 2. The number of benzene rings is 2. The summed E-state index contributed by atoms with van der Waals surface area (Å²) in [7, 11) is 0. The minimum Gasteiger partial charge on any atom is -0.477 e. The van der Waals surface area contributed by atoms with Gasteiger partial charge in [-0.15, -0.1) is 23.1 Å². The smallest absolute Gasteiger partial charge is 0.352 e. The average Bonchev–Trinajstić information content (AvgIpc) is 3.52. The number of allylic oxidation sites excluding steroid dienone is 1. The van der Waals surface area contributed by atoms with Crippen LogP contribution in [0.2, 0.25) is 0 Å². The number of esters is 1. The van der Waals surface area contributed by atoms with Gasteiger partial charge >= 0.3 is 11.9 Å². The van der Waals surface area contributed by atoms with Crippen LogP contribution in [0.3, 0.4) is 0 Å². The number of β-lactam (4-membered cyclic amide) rings is 1. The lowest BCUT2D eigenvalue weighted by Gasteiger charge is -2.49. The molecule has 2 aliphatic heterocycles. The van der Waals surface area contributed by atoms with Gasteiger partial charge in [0.2, 0.25) is 13.0 Å². The first-order chi connectivity index (χ1) is 22.7. The number of thioether (sulfide) groups is 1. The number of carbonyl (C=O) groups is 5. The Bertz CT molecular complexity index is 1740. The van der Waals surface area contributed by atoms with E-state index in [1.807, 2.05) is 60.7 Å². The molecule has 1 saturated heterocycles. The third-order valence-corrected chi connectivity index (χ3v) is 9.00. The number of nitrogens with zero attached hydrogens (tertiary/aromatic N) is 3. The number of nitrogens with one attached hydrogen (secondary N) is 2. The zero-order valence-electron chi connectivity index (χ0n) is 23.9. The fourth-order valence-corrected chi connectivity index (χ4v) is 6.92. The normalized spacial score (nSPS) is 17.3. The quantitative estimate of drug-likeness (QED) is 0.0775. The van der Waals surface area contributed by atoms with Crippen LogP contribution in [0.25, 0.3) is 0 Å². The van der Waals surface area contributed by atoms with Crippen LogP contribution in [-0.2, 0) is 33.5 Å². The van der Waals surface area contributed by atoms with E-state index in [0.717, 1.165) is 27.4 Å². The SMILES string of the molecule is O=CNc1nc(C(=NOCC(=O)OC(c2ccccc2)c2ccccc2)C(=O)NC2C(=O)N3C(C(=O)O)=C(C=C(Cl)Cl)CS[C@@H]23)cs1. The number of fused-ring (bicyclic) bond motifs is 1. The Balaban J connectivity index is 1.32. The van der Waals surface area contributed by atoms with Crippen LogP contribution in [0.15, 0.2) is 93.0 Å². The van der Waals surface area contributed by atoms with E-state index in [1.54, 1.807) is 0 Å². The standard InChI is InChI=1S/C30H23Cl2N5O8S2/c31-20(32)11-18-13-46-28-23(27(41)37(28)24(18)29(42)43)35-26(40)22(19-14-47-30(34-19)33-15-38)36-44-12-21(39)45-25(16-7-3-1-4-8-16)17-9-5-2-6-10-17/h1-11,14-15,23,25,28H,12-13H2,(H,35,40)(H,42,43)(H,33,34,38)/t23?,28-/m0/s1. The molecule has 242 valence electrons. The molecule has 47 heavy (non-hydrogen) atoms. The molecule has 0 saturated carbocycles. The van der Waals surface area contributed by atoms with Crippen LogP contribution in [0.4, 0.5) is 5.13 Å². The Morgan fingerprint density at radius 3 is 2.36 bits per heavy atom. The second kappa shape index (κ2) is 15.3. The lowest BCUT2D eigenvalue weighted by molar-refractivity contribution is -0.153.